The maximum Gasteiger partial charge on any atom is 0.278 e. The third-order valence-corrected chi connectivity index (χ3v) is 6.12. The van der Waals surface area contributed by atoms with Crippen LogP contribution in [0.15, 0.2) is 24.3 Å². The fourth-order valence-electron chi connectivity index (χ4n) is 4.18. The molecule has 3 N–H and O–H groups in total. The smallest absolute Gasteiger partial charge is 0.278 e. The molecule has 8 heteroatoms. The van der Waals surface area contributed by atoms with Gasteiger partial charge in [-0.2, -0.15) is 0 Å². The quantitative estimate of drug-likeness (QED) is 0.442. The van der Waals surface area contributed by atoms with Gasteiger partial charge in [-0.3, -0.25) is 9.59 Å². The molecule has 2 saturated heterocycles. The number of carbonyl (C=O) groups excluding carboxylic acids is 2. The van der Waals surface area contributed by atoms with Crippen LogP contribution in [0, 0.1) is 0 Å². The lowest BCUT2D eigenvalue weighted by Gasteiger charge is -2.35. The Labute approximate surface area is 179 Å². The molecule has 0 spiro atoms. The molecule has 0 atom stereocenters. The van der Waals surface area contributed by atoms with Gasteiger partial charge in [0.25, 0.3) is 11.8 Å². The van der Waals surface area contributed by atoms with Crippen molar-refractivity contribution in [3.8, 4) is 5.75 Å². The second kappa shape index (κ2) is 11.2. The van der Waals surface area contributed by atoms with Crippen molar-refractivity contribution >= 4 is 17.5 Å². The number of piperazine rings is 2. The van der Waals surface area contributed by atoms with Crippen molar-refractivity contribution in [2.45, 2.75) is 13.3 Å². The number of nitrogens with zero attached hydrogens (tertiary/aromatic N) is 2. The number of nitrogens with one attached hydrogen (secondary N) is 3. The highest BCUT2D eigenvalue weighted by Gasteiger charge is 2.29. The fraction of sp³-hybridized carbons (Fsp3) is 0.636. The first-order valence-electron chi connectivity index (χ1n) is 11.2. The normalized spacial score (nSPS) is 18.3. The lowest BCUT2D eigenvalue weighted by atomic mass is 10.2. The summed E-state index contributed by atoms with van der Waals surface area (Å²) in [5, 5.41) is 2.93. The molecule has 3 rings (SSSR count). The number of benzene rings is 1. The lowest BCUT2D eigenvalue weighted by molar-refractivity contribution is -0.898. The zero-order valence-corrected chi connectivity index (χ0v) is 18.4. The zero-order chi connectivity index (χ0) is 21.3. The van der Waals surface area contributed by atoms with Crippen molar-refractivity contribution < 1.29 is 24.1 Å². The van der Waals surface area contributed by atoms with Crippen LogP contribution in [0.5, 0.6) is 5.75 Å². The van der Waals surface area contributed by atoms with Crippen LogP contribution in [0.25, 0.3) is 0 Å². The Bertz CT molecular complexity index is 681. The van der Waals surface area contributed by atoms with E-state index in [1.54, 1.807) is 7.11 Å². The molecule has 0 saturated carbocycles. The SMILES string of the molecule is CCCNC(=O)C[NH+]1CCN(C(=O)C[NH+]2CCN(c3ccc(OC)cc3)CC2)CC1. The molecule has 1 aromatic rings. The molecule has 0 unspecified atom stereocenters. The Balaban J connectivity index is 1.36. The molecule has 2 heterocycles. The minimum atomic E-state index is 0.116. The van der Waals surface area contributed by atoms with E-state index >= 15 is 0 Å². The molecule has 0 aliphatic carbocycles. The molecular weight excluding hydrogens is 382 g/mol. The standard InChI is InChI=1S/C22H35N5O3/c1-3-8-23-21(28)17-24-11-15-27(16-12-24)22(29)18-25-9-13-26(14-10-25)19-4-6-20(30-2)7-5-19/h4-7H,3,8-18H2,1-2H3,(H,23,28)/p+2. The third-order valence-electron chi connectivity index (χ3n) is 6.12. The Kier molecular flexibility index (Phi) is 8.33. The summed E-state index contributed by atoms with van der Waals surface area (Å²) < 4.78 is 5.23. The molecular formula is C22H37N5O3+2. The van der Waals surface area contributed by atoms with E-state index in [0.29, 0.717) is 13.1 Å². The van der Waals surface area contributed by atoms with Crippen LogP contribution < -0.4 is 24.8 Å². The third kappa shape index (κ3) is 6.34. The van der Waals surface area contributed by atoms with Crippen LogP contribution in [0.4, 0.5) is 5.69 Å². The Morgan fingerprint density at radius 1 is 0.967 bits per heavy atom. The predicted molar refractivity (Wildman–Crippen MR) is 116 cm³/mol. The summed E-state index contributed by atoms with van der Waals surface area (Å²) >= 11 is 0. The maximum atomic E-state index is 12.7. The van der Waals surface area contributed by atoms with Crippen LogP contribution in [0.1, 0.15) is 13.3 Å². The number of rotatable bonds is 8. The molecule has 0 radical (unpaired) electrons. The van der Waals surface area contributed by atoms with Gasteiger partial charge >= 0.3 is 0 Å². The molecule has 0 aromatic heterocycles. The minimum Gasteiger partial charge on any atom is -0.497 e. The van der Waals surface area contributed by atoms with E-state index in [1.807, 2.05) is 17.0 Å². The van der Waals surface area contributed by atoms with Crippen molar-refractivity contribution in [3.63, 3.8) is 0 Å². The first-order chi connectivity index (χ1) is 14.6. The average molecular weight is 420 g/mol. The number of methoxy groups -OCH3 is 1. The summed E-state index contributed by atoms with van der Waals surface area (Å²) in [7, 11) is 1.68. The predicted octanol–water partition coefficient (Wildman–Crippen LogP) is -2.35. The molecule has 2 fully saturated rings. The van der Waals surface area contributed by atoms with Crippen LogP contribution >= 0.6 is 0 Å². The Morgan fingerprint density at radius 3 is 2.17 bits per heavy atom. The molecule has 1 aromatic carbocycles. The van der Waals surface area contributed by atoms with E-state index in [0.717, 1.165) is 71.1 Å². The summed E-state index contributed by atoms with van der Waals surface area (Å²) in [6.07, 6.45) is 0.958. The minimum absolute atomic E-state index is 0.116. The molecule has 30 heavy (non-hydrogen) atoms. The number of quaternary nitrogens is 2. The summed E-state index contributed by atoms with van der Waals surface area (Å²) in [5.41, 5.74) is 1.21. The van der Waals surface area contributed by atoms with Gasteiger partial charge in [-0.1, -0.05) is 6.92 Å². The van der Waals surface area contributed by atoms with E-state index in [9.17, 15) is 9.59 Å². The second-order valence-electron chi connectivity index (χ2n) is 8.27. The highest BCUT2D eigenvalue weighted by atomic mass is 16.5. The van der Waals surface area contributed by atoms with Crippen LogP contribution in [0.3, 0.4) is 0 Å². The molecule has 166 valence electrons. The van der Waals surface area contributed by atoms with Gasteiger partial charge < -0.3 is 29.7 Å². The maximum absolute atomic E-state index is 12.7. The van der Waals surface area contributed by atoms with Crippen molar-refractivity contribution in [2.75, 3.05) is 84.0 Å². The van der Waals surface area contributed by atoms with Gasteiger partial charge in [-0.05, 0) is 30.7 Å². The highest BCUT2D eigenvalue weighted by Crippen LogP contribution is 2.18. The fourth-order valence-corrected chi connectivity index (χ4v) is 4.18. The topological polar surface area (TPSA) is 70.8 Å². The van der Waals surface area contributed by atoms with Crippen LogP contribution in [-0.2, 0) is 9.59 Å². The van der Waals surface area contributed by atoms with Gasteiger partial charge in [0.05, 0.1) is 59.5 Å². The number of ether oxygens (including phenoxy) is 1. The van der Waals surface area contributed by atoms with Gasteiger partial charge in [0, 0.05) is 12.2 Å². The molecule has 8 nitrogen and oxygen atoms in total. The lowest BCUT2D eigenvalue weighted by Crippen LogP contribution is -3.17. The molecule has 2 aliphatic rings. The monoisotopic (exact) mass is 419 g/mol. The number of amides is 2. The van der Waals surface area contributed by atoms with E-state index in [2.05, 4.69) is 29.3 Å². The number of hydrogen-bond acceptors (Lipinski definition) is 4. The molecule has 2 aliphatic heterocycles. The molecule has 2 amide bonds. The highest BCUT2D eigenvalue weighted by molar-refractivity contribution is 5.77. The van der Waals surface area contributed by atoms with E-state index in [-0.39, 0.29) is 11.8 Å². The van der Waals surface area contributed by atoms with Gasteiger partial charge in [0.1, 0.15) is 5.75 Å². The Morgan fingerprint density at radius 2 is 1.57 bits per heavy atom. The van der Waals surface area contributed by atoms with Gasteiger partial charge in [0.2, 0.25) is 0 Å². The van der Waals surface area contributed by atoms with Crippen molar-refractivity contribution in [3.05, 3.63) is 24.3 Å². The van der Waals surface area contributed by atoms with Gasteiger partial charge in [0.15, 0.2) is 13.1 Å². The number of carbonyl (C=O) groups is 2. The summed E-state index contributed by atoms with van der Waals surface area (Å²) in [6.45, 7) is 11.0. The van der Waals surface area contributed by atoms with Gasteiger partial charge in [-0.25, -0.2) is 0 Å². The van der Waals surface area contributed by atoms with Crippen LogP contribution in [0.2, 0.25) is 0 Å². The first kappa shape index (κ1) is 22.4. The van der Waals surface area contributed by atoms with E-state index in [4.69, 9.17) is 4.74 Å². The largest absolute Gasteiger partial charge is 0.497 e. The molecule has 0 bridgehead atoms. The number of hydrogen-bond donors (Lipinski definition) is 3. The zero-order valence-electron chi connectivity index (χ0n) is 18.4. The van der Waals surface area contributed by atoms with Crippen molar-refractivity contribution in [1.29, 1.82) is 0 Å². The van der Waals surface area contributed by atoms with E-state index in [1.165, 1.54) is 15.5 Å². The summed E-state index contributed by atoms with van der Waals surface area (Å²) in [5.74, 6) is 1.24. The average Bonchev–Trinajstić information content (AvgIpc) is 2.79. The number of anilines is 1. The summed E-state index contributed by atoms with van der Waals surface area (Å²) in [6, 6.07) is 8.18. The first-order valence-corrected chi connectivity index (χ1v) is 11.2. The summed E-state index contributed by atoms with van der Waals surface area (Å²) in [4.78, 5) is 31.6. The van der Waals surface area contributed by atoms with Gasteiger partial charge in [-0.15, -0.1) is 0 Å². The van der Waals surface area contributed by atoms with E-state index < -0.39 is 0 Å². The van der Waals surface area contributed by atoms with Crippen LogP contribution in [-0.4, -0.2) is 95.8 Å². The Hall–Kier alpha value is -2.32. The van der Waals surface area contributed by atoms with Crippen molar-refractivity contribution in [1.82, 2.24) is 10.2 Å². The second-order valence-corrected chi connectivity index (χ2v) is 8.27. The van der Waals surface area contributed by atoms with Crippen molar-refractivity contribution in [2.24, 2.45) is 0 Å².